The fourth-order valence-corrected chi connectivity index (χ4v) is 1.28. The van der Waals surface area contributed by atoms with E-state index in [0.717, 1.165) is 0 Å². The van der Waals surface area contributed by atoms with Crippen LogP contribution in [0.4, 0.5) is 0 Å². The maximum absolute atomic E-state index is 5.37. The van der Waals surface area contributed by atoms with Gasteiger partial charge in [0.2, 0.25) is 0 Å². The maximum atomic E-state index is 5.37. The van der Waals surface area contributed by atoms with Crippen LogP contribution in [0.15, 0.2) is 0 Å². The van der Waals surface area contributed by atoms with Crippen LogP contribution >= 0.6 is 0 Å². The highest BCUT2D eigenvalue weighted by Gasteiger charge is 2.60. The van der Waals surface area contributed by atoms with Gasteiger partial charge in [-0.25, -0.2) is 0 Å². The quantitative estimate of drug-likeness (QED) is 0.491. The van der Waals surface area contributed by atoms with E-state index in [1.54, 1.807) is 0 Å². The molecule has 0 aliphatic carbocycles. The van der Waals surface area contributed by atoms with E-state index >= 15 is 0 Å². The van der Waals surface area contributed by atoms with E-state index in [0.29, 0.717) is 18.3 Å². The summed E-state index contributed by atoms with van der Waals surface area (Å²) in [4.78, 5) is 0. The molecule has 0 bridgehead atoms. The fourth-order valence-electron chi connectivity index (χ4n) is 1.28. The second-order valence-electron chi connectivity index (χ2n) is 3.45. The molecular weight excluding hydrogens is 116 g/mol. The lowest BCUT2D eigenvalue weighted by Crippen LogP contribution is -2.09. The number of rotatable bonds is 1. The molecular formula is C7H12O2. The summed E-state index contributed by atoms with van der Waals surface area (Å²) in [7, 11) is 0. The lowest BCUT2D eigenvalue weighted by molar-refractivity contribution is 0.293. The van der Waals surface area contributed by atoms with E-state index in [1.807, 2.05) is 0 Å². The smallest absolute Gasteiger partial charge is 0.115 e. The van der Waals surface area contributed by atoms with Crippen molar-refractivity contribution in [3.63, 3.8) is 0 Å². The Balaban J connectivity index is 1.92. The lowest BCUT2D eigenvalue weighted by atomic mass is 10.1. The van der Waals surface area contributed by atoms with E-state index < -0.39 is 0 Å². The highest BCUT2D eigenvalue weighted by Crippen LogP contribution is 2.45. The van der Waals surface area contributed by atoms with Crippen molar-refractivity contribution < 1.29 is 9.47 Å². The van der Waals surface area contributed by atoms with Crippen molar-refractivity contribution in [3.05, 3.63) is 0 Å². The predicted molar refractivity (Wildman–Crippen MR) is 33.3 cm³/mol. The van der Waals surface area contributed by atoms with E-state index in [2.05, 4.69) is 20.8 Å². The molecule has 0 N–H and O–H groups in total. The number of epoxide rings is 2. The van der Waals surface area contributed by atoms with Crippen LogP contribution in [0.25, 0.3) is 0 Å². The predicted octanol–water partition coefficient (Wildman–Crippen LogP) is 0.951. The topological polar surface area (TPSA) is 25.1 Å². The van der Waals surface area contributed by atoms with Crippen LogP contribution in [0, 0.1) is 0 Å². The maximum Gasteiger partial charge on any atom is 0.115 e. The van der Waals surface area contributed by atoms with Crippen molar-refractivity contribution in [1.82, 2.24) is 0 Å². The third-order valence-electron chi connectivity index (χ3n) is 2.11. The molecule has 3 atom stereocenters. The summed E-state index contributed by atoms with van der Waals surface area (Å²) in [6.45, 7) is 6.29. The minimum Gasteiger partial charge on any atom is -0.367 e. The Bertz CT molecular complexity index is 142. The highest BCUT2D eigenvalue weighted by atomic mass is 16.7. The molecule has 0 amide bonds. The normalized spacial score (nSPS) is 53.0. The Morgan fingerprint density at radius 3 is 1.89 bits per heavy atom. The van der Waals surface area contributed by atoms with Gasteiger partial charge in [0.25, 0.3) is 0 Å². The Hall–Kier alpha value is -0.0800. The molecule has 3 unspecified atom stereocenters. The fraction of sp³-hybridized carbons (Fsp3) is 1.00. The number of ether oxygens (including phenoxy) is 2. The van der Waals surface area contributed by atoms with Gasteiger partial charge in [-0.15, -0.1) is 0 Å². The summed E-state index contributed by atoms with van der Waals surface area (Å²) >= 11 is 0. The van der Waals surface area contributed by atoms with Gasteiger partial charge in [0.1, 0.15) is 12.2 Å². The Morgan fingerprint density at radius 2 is 1.78 bits per heavy atom. The third kappa shape index (κ3) is 0.775. The van der Waals surface area contributed by atoms with Crippen molar-refractivity contribution in [1.29, 1.82) is 0 Å². The van der Waals surface area contributed by atoms with E-state index in [4.69, 9.17) is 9.47 Å². The molecule has 2 nitrogen and oxygen atoms in total. The molecule has 0 spiro atoms. The first-order chi connectivity index (χ1) is 4.11. The Kier molecular flexibility index (Phi) is 0.837. The molecule has 9 heavy (non-hydrogen) atoms. The monoisotopic (exact) mass is 128 g/mol. The van der Waals surface area contributed by atoms with Gasteiger partial charge in [-0.3, -0.25) is 0 Å². The molecule has 0 aromatic rings. The van der Waals surface area contributed by atoms with Crippen molar-refractivity contribution in [3.8, 4) is 0 Å². The van der Waals surface area contributed by atoms with Gasteiger partial charge in [-0.2, -0.15) is 0 Å². The number of hydrogen-bond acceptors (Lipinski definition) is 2. The van der Waals surface area contributed by atoms with Crippen LogP contribution in [-0.4, -0.2) is 23.9 Å². The van der Waals surface area contributed by atoms with Gasteiger partial charge in [-0.1, -0.05) is 0 Å². The molecule has 2 fully saturated rings. The summed E-state index contributed by atoms with van der Waals surface area (Å²) in [5, 5.41) is 0. The first-order valence-electron chi connectivity index (χ1n) is 3.44. The molecule has 2 heteroatoms. The molecule has 2 rings (SSSR count). The van der Waals surface area contributed by atoms with Gasteiger partial charge in [0.15, 0.2) is 0 Å². The second-order valence-corrected chi connectivity index (χ2v) is 3.45. The van der Waals surface area contributed by atoms with Gasteiger partial charge in [-0.05, 0) is 20.8 Å². The summed E-state index contributed by atoms with van der Waals surface area (Å²) in [5.41, 5.74) is 0.107. The van der Waals surface area contributed by atoms with Gasteiger partial charge < -0.3 is 9.47 Å². The minimum absolute atomic E-state index is 0.107. The van der Waals surface area contributed by atoms with Crippen LogP contribution in [-0.2, 0) is 9.47 Å². The largest absolute Gasteiger partial charge is 0.367 e. The van der Waals surface area contributed by atoms with Crippen molar-refractivity contribution in [2.45, 2.75) is 44.7 Å². The van der Waals surface area contributed by atoms with Gasteiger partial charge in [0.05, 0.1) is 11.7 Å². The molecule has 0 saturated carbocycles. The second kappa shape index (κ2) is 1.32. The molecule has 0 aromatic carbocycles. The molecule has 2 aliphatic heterocycles. The molecule has 2 heterocycles. The average Bonchev–Trinajstić information content (AvgIpc) is 2.50. The van der Waals surface area contributed by atoms with Crippen LogP contribution in [0.5, 0.6) is 0 Å². The van der Waals surface area contributed by atoms with Crippen molar-refractivity contribution in [2.24, 2.45) is 0 Å². The van der Waals surface area contributed by atoms with Crippen LogP contribution < -0.4 is 0 Å². The Morgan fingerprint density at radius 1 is 1.33 bits per heavy atom. The molecule has 0 aromatic heterocycles. The summed E-state index contributed by atoms with van der Waals surface area (Å²) in [5.74, 6) is 0. The summed E-state index contributed by atoms with van der Waals surface area (Å²) in [6, 6.07) is 0. The molecule has 52 valence electrons. The first kappa shape index (κ1) is 5.69. The van der Waals surface area contributed by atoms with E-state index in [-0.39, 0.29) is 5.60 Å². The molecule has 2 saturated heterocycles. The van der Waals surface area contributed by atoms with Crippen LogP contribution in [0.1, 0.15) is 20.8 Å². The average molecular weight is 128 g/mol. The lowest BCUT2D eigenvalue weighted by Gasteiger charge is -1.88. The standard InChI is InChI=1S/C7H12O2/c1-4-5(8-4)6-7(2,3)9-6/h4-6H,1-3H3. The zero-order chi connectivity index (χ0) is 6.65. The minimum atomic E-state index is 0.107. The van der Waals surface area contributed by atoms with Crippen LogP contribution in [0.3, 0.4) is 0 Å². The zero-order valence-corrected chi connectivity index (χ0v) is 6.05. The van der Waals surface area contributed by atoms with Crippen LogP contribution in [0.2, 0.25) is 0 Å². The zero-order valence-electron chi connectivity index (χ0n) is 6.05. The number of hydrogen-bond donors (Lipinski definition) is 0. The van der Waals surface area contributed by atoms with E-state index in [1.165, 1.54) is 0 Å². The van der Waals surface area contributed by atoms with E-state index in [9.17, 15) is 0 Å². The van der Waals surface area contributed by atoms with Gasteiger partial charge >= 0.3 is 0 Å². The molecule has 2 aliphatic rings. The molecule has 0 radical (unpaired) electrons. The third-order valence-corrected chi connectivity index (χ3v) is 2.11. The summed E-state index contributed by atoms with van der Waals surface area (Å²) in [6.07, 6.45) is 1.23. The van der Waals surface area contributed by atoms with Crippen molar-refractivity contribution in [2.75, 3.05) is 0 Å². The summed E-state index contributed by atoms with van der Waals surface area (Å²) < 4.78 is 10.6. The Labute approximate surface area is 55.1 Å². The first-order valence-corrected chi connectivity index (χ1v) is 3.44. The highest BCUT2D eigenvalue weighted by molar-refractivity contribution is 5.06. The van der Waals surface area contributed by atoms with Crippen molar-refractivity contribution >= 4 is 0 Å². The van der Waals surface area contributed by atoms with Gasteiger partial charge in [0, 0.05) is 0 Å². The SMILES string of the molecule is CC1OC1C1OC1(C)C.